The number of nitrogens with zero attached hydrogens (tertiary/aromatic N) is 2. The number of hydrogen-bond donors (Lipinski definition) is 3. The Bertz CT molecular complexity index is 1510. The Kier molecular flexibility index (Phi) is 22.7. The van der Waals surface area contributed by atoms with Crippen molar-refractivity contribution in [1.82, 2.24) is 15.1 Å². The second-order valence-electron chi connectivity index (χ2n) is 14.2. The first kappa shape index (κ1) is 48.6. The Hall–Kier alpha value is -4.41. The number of esters is 1. The van der Waals surface area contributed by atoms with Gasteiger partial charge in [-0.15, -0.1) is 0 Å². The molecule has 0 radical (unpaired) electrons. The molecule has 1 aliphatic carbocycles. The molecule has 1 saturated carbocycles. The highest BCUT2D eigenvalue weighted by Crippen LogP contribution is 2.40. The minimum Gasteiger partial charge on any atom is -0.466 e. The molecular formula is C44H69FN4O6. The maximum atomic E-state index is 13.1. The molecule has 55 heavy (non-hydrogen) atoms. The van der Waals surface area contributed by atoms with Crippen LogP contribution in [0.25, 0.3) is 0 Å². The normalized spacial score (nSPS) is 17.8. The minimum absolute atomic E-state index is 0.0132. The monoisotopic (exact) mass is 769 g/mol. The maximum Gasteiger partial charge on any atom is 0.407 e. The molecule has 2 aromatic carbocycles. The topological polar surface area (TPSA) is 128 Å². The molecule has 3 atom stereocenters. The van der Waals surface area contributed by atoms with Gasteiger partial charge in [0.15, 0.2) is 0 Å². The number of fused-ring (bicyclic) bond motifs is 1. The molecule has 3 N–H and O–H groups in total. The van der Waals surface area contributed by atoms with Crippen molar-refractivity contribution < 1.29 is 33.4 Å². The molecule has 2 heterocycles. The van der Waals surface area contributed by atoms with Gasteiger partial charge in [0.2, 0.25) is 11.8 Å². The lowest BCUT2D eigenvalue weighted by molar-refractivity contribution is -0.144. The molecule has 11 heteroatoms. The van der Waals surface area contributed by atoms with Crippen molar-refractivity contribution in [3.05, 3.63) is 77.1 Å². The fourth-order valence-corrected chi connectivity index (χ4v) is 6.13. The van der Waals surface area contributed by atoms with Gasteiger partial charge in [-0.1, -0.05) is 105 Å². The van der Waals surface area contributed by atoms with Crippen molar-refractivity contribution in [2.24, 2.45) is 11.8 Å². The highest BCUT2D eigenvalue weighted by atomic mass is 19.1. The lowest BCUT2D eigenvalue weighted by atomic mass is 9.87. The van der Waals surface area contributed by atoms with Crippen LogP contribution in [0.5, 0.6) is 0 Å². The number of likely N-dealkylation sites (tertiary alicyclic amines) is 1. The molecule has 0 spiro atoms. The number of hydrogen-bond acceptors (Lipinski definition) is 6. The lowest BCUT2D eigenvalue weighted by Gasteiger charge is -2.24. The van der Waals surface area contributed by atoms with Crippen LogP contribution in [-0.2, 0) is 37.6 Å². The van der Waals surface area contributed by atoms with Crippen LogP contribution in [0.15, 0.2) is 54.6 Å². The molecule has 10 nitrogen and oxygen atoms in total. The van der Waals surface area contributed by atoms with Crippen molar-refractivity contribution in [2.75, 3.05) is 32.1 Å². The molecule has 1 saturated heterocycles. The van der Waals surface area contributed by atoms with Gasteiger partial charge in [0.1, 0.15) is 11.9 Å². The molecular weight excluding hydrogens is 700 g/mol. The number of benzene rings is 2. The van der Waals surface area contributed by atoms with Gasteiger partial charge in [-0.2, -0.15) is 0 Å². The molecule has 5 rings (SSSR count). The summed E-state index contributed by atoms with van der Waals surface area (Å²) in [7, 11) is 1.61. The summed E-state index contributed by atoms with van der Waals surface area (Å²) >= 11 is 0. The molecule has 2 aliphatic heterocycles. The summed E-state index contributed by atoms with van der Waals surface area (Å²) in [6, 6.07) is 12.5. The van der Waals surface area contributed by atoms with Crippen molar-refractivity contribution in [2.45, 2.75) is 132 Å². The fraction of sp³-hybridized carbons (Fsp3) is 0.591. The number of likely N-dealkylation sites (N-methyl/N-ethyl adjacent to an activating group) is 1. The minimum atomic E-state index is -1.00. The SMILES string of the molecule is CC.CC.CCCCC/C=C\C1CC1C(=O)OCC.CNC(=O)C1CCCN1C(=O)CNc1cccc(C(C)(C)C)c1.O=C(O)N1Cc2cccc(F)c2C1. The smallest absolute Gasteiger partial charge is 0.407 e. The molecule has 0 aromatic heterocycles. The van der Waals surface area contributed by atoms with Crippen LogP contribution in [0.3, 0.4) is 0 Å². The van der Waals surface area contributed by atoms with E-state index in [0.717, 1.165) is 36.9 Å². The summed E-state index contributed by atoms with van der Waals surface area (Å²) in [6.07, 6.45) is 11.0. The van der Waals surface area contributed by atoms with Crippen molar-refractivity contribution in [3.63, 3.8) is 0 Å². The predicted molar refractivity (Wildman–Crippen MR) is 220 cm³/mol. The summed E-state index contributed by atoms with van der Waals surface area (Å²) in [5.41, 5.74) is 3.49. The third-order valence-electron chi connectivity index (χ3n) is 9.28. The quantitative estimate of drug-likeness (QED) is 0.118. The van der Waals surface area contributed by atoms with E-state index < -0.39 is 6.09 Å². The molecule has 3 amide bonds. The first-order valence-electron chi connectivity index (χ1n) is 20.2. The predicted octanol–water partition coefficient (Wildman–Crippen LogP) is 9.33. The van der Waals surface area contributed by atoms with Gasteiger partial charge >= 0.3 is 12.1 Å². The first-order valence-corrected chi connectivity index (χ1v) is 20.2. The van der Waals surface area contributed by atoms with Crippen molar-refractivity contribution in [1.29, 1.82) is 0 Å². The van der Waals surface area contributed by atoms with Gasteiger partial charge in [0.25, 0.3) is 0 Å². The van der Waals surface area contributed by atoms with E-state index in [0.29, 0.717) is 31.2 Å². The number of ether oxygens (including phenoxy) is 1. The number of carboxylic acid groups (broad SMARTS) is 1. The highest BCUT2D eigenvalue weighted by molar-refractivity contribution is 5.89. The Balaban J connectivity index is 0.000000411. The van der Waals surface area contributed by atoms with Gasteiger partial charge in [0.05, 0.1) is 25.6 Å². The lowest BCUT2D eigenvalue weighted by Crippen LogP contribution is -2.46. The van der Waals surface area contributed by atoms with E-state index >= 15 is 0 Å². The summed E-state index contributed by atoms with van der Waals surface area (Å²) in [4.78, 5) is 49.0. The van der Waals surface area contributed by atoms with E-state index in [1.54, 1.807) is 24.1 Å². The van der Waals surface area contributed by atoms with Gasteiger partial charge in [-0.05, 0) is 79.7 Å². The van der Waals surface area contributed by atoms with E-state index in [1.807, 2.05) is 46.8 Å². The Morgan fingerprint density at radius 2 is 1.69 bits per heavy atom. The number of nitrogens with one attached hydrogen (secondary N) is 2. The average Bonchev–Trinajstić information content (AvgIpc) is 3.54. The van der Waals surface area contributed by atoms with Gasteiger partial charge < -0.3 is 25.4 Å². The number of halogens is 1. The molecule has 2 fully saturated rings. The third kappa shape index (κ3) is 16.5. The van der Waals surface area contributed by atoms with E-state index in [1.165, 1.54) is 35.8 Å². The van der Waals surface area contributed by atoms with E-state index in [2.05, 4.69) is 62.6 Å². The maximum absolute atomic E-state index is 13.1. The zero-order valence-electron chi connectivity index (χ0n) is 35.2. The van der Waals surface area contributed by atoms with Gasteiger partial charge in [-0.3, -0.25) is 19.3 Å². The second kappa shape index (κ2) is 25.6. The number of rotatable bonds is 11. The highest BCUT2D eigenvalue weighted by Gasteiger charge is 2.42. The van der Waals surface area contributed by atoms with Crippen LogP contribution in [0.2, 0.25) is 0 Å². The van der Waals surface area contributed by atoms with Crippen LogP contribution in [-0.4, -0.2) is 71.6 Å². The van der Waals surface area contributed by atoms with Crippen LogP contribution in [0.4, 0.5) is 14.9 Å². The molecule has 0 bridgehead atoms. The standard InChI is InChI=1S/C18H27N3O2.C13H22O2.C9H8FNO2.2C2H6/c1-18(2,3)13-7-5-8-14(11-13)20-12-16(22)21-10-6-9-15(21)17(23)19-4;1-3-5-6-7-8-9-11-10-12(11)13(14)15-4-2;10-8-3-1-2-6-4-11(9(12)13)5-7(6)8;2*1-2/h5,7-8,11,15,20H,6,9-10,12H2,1-4H3,(H,19,23);8-9,11-12H,3-7,10H2,1-2H3;1-3H,4-5H2,(H,12,13);2*1-2H3/b;9-8-;;;. The first-order chi connectivity index (χ1) is 26.3. The number of amides is 3. The van der Waals surface area contributed by atoms with E-state index in [9.17, 15) is 23.6 Å². The van der Waals surface area contributed by atoms with Gasteiger partial charge in [0, 0.05) is 31.4 Å². The Labute approximate surface area is 330 Å². The van der Waals surface area contributed by atoms with Crippen LogP contribution in [0.1, 0.15) is 124 Å². The average molecular weight is 769 g/mol. The van der Waals surface area contributed by atoms with Crippen molar-refractivity contribution in [3.8, 4) is 0 Å². The molecule has 3 aliphatic rings. The molecule has 3 unspecified atom stereocenters. The fourth-order valence-electron chi connectivity index (χ4n) is 6.13. The number of allylic oxidation sites excluding steroid dienone is 2. The number of carbonyl (C=O) groups excluding carboxylic acids is 3. The van der Waals surface area contributed by atoms with Gasteiger partial charge in [-0.25, -0.2) is 9.18 Å². The van der Waals surface area contributed by atoms with Crippen LogP contribution in [0, 0.1) is 17.7 Å². The summed E-state index contributed by atoms with van der Waals surface area (Å²) in [5.74, 6) is 0.183. The third-order valence-corrected chi connectivity index (χ3v) is 9.28. The summed E-state index contributed by atoms with van der Waals surface area (Å²) < 4.78 is 18.1. The Morgan fingerprint density at radius 3 is 2.29 bits per heavy atom. The van der Waals surface area contributed by atoms with Crippen LogP contribution >= 0.6 is 0 Å². The van der Waals surface area contributed by atoms with Crippen molar-refractivity contribution >= 4 is 29.6 Å². The zero-order chi connectivity index (χ0) is 41.6. The van der Waals surface area contributed by atoms with Crippen LogP contribution < -0.4 is 10.6 Å². The Morgan fingerprint density at radius 1 is 1.00 bits per heavy atom. The largest absolute Gasteiger partial charge is 0.466 e. The molecule has 2 aromatic rings. The van der Waals surface area contributed by atoms with E-state index in [-0.39, 0.29) is 54.1 Å². The number of unbranched alkanes of at least 4 members (excludes halogenated alkanes) is 3. The number of carbonyl (C=O) groups is 4. The second-order valence-corrected chi connectivity index (χ2v) is 14.2. The summed E-state index contributed by atoms with van der Waals surface area (Å²) in [5, 5.41) is 14.5. The molecule has 308 valence electrons. The zero-order valence-corrected chi connectivity index (χ0v) is 35.2. The number of anilines is 1. The summed E-state index contributed by atoms with van der Waals surface area (Å²) in [6.45, 7) is 20.4. The van der Waals surface area contributed by atoms with E-state index in [4.69, 9.17) is 9.84 Å².